The molecule has 2 heterocycles. The average molecular weight is 285 g/mol. The summed E-state index contributed by atoms with van der Waals surface area (Å²) < 4.78 is 19.2. The van der Waals surface area contributed by atoms with E-state index in [-0.39, 0.29) is 11.9 Å². The van der Waals surface area contributed by atoms with Crippen LogP contribution in [0.15, 0.2) is 28.8 Å². The van der Waals surface area contributed by atoms with Gasteiger partial charge in [-0.25, -0.2) is 4.39 Å². The third-order valence-corrected chi connectivity index (χ3v) is 3.91. The van der Waals surface area contributed by atoms with Crippen LogP contribution >= 0.6 is 0 Å². The quantitative estimate of drug-likeness (QED) is 0.868. The molecule has 1 saturated heterocycles. The van der Waals surface area contributed by atoms with Crippen LogP contribution in [0.4, 0.5) is 4.39 Å². The van der Waals surface area contributed by atoms with Crippen molar-refractivity contribution < 1.29 is 8.91 Å². The lowest BCUT2D eigenvalue weighted by molar-refractivity contribution is 0.234. The highest BCUT2D eigenvalue weighted by atomic mass is 19.1. The van der Waals surface area contributed by atoms with E-state index in [9.17, 15) is 4.39 Å². The Hall–Kier alpha value is -2.19. The first-order chi connectivity index (χ1) is 10.2. The van der Waals surface area contributed by atoms with Gasteiger partial charge >= 0.3 is 0 Å². The first kappa shape index (κ1) is 13.8. The Morgan fingerprint density at radius 3 is 3.00 bits per heavy atom. The van der Waals surface area contributed by atoms with Crippen LogP contribution in [0.3, 0.4) is 0 Å². The fourth-order valence-corrected chi connectivity index (χ4v) is 2.86. The van der Waals surface area contributed by atoms with Crippen LogP contribution in [0.1, 0.15) is 41.5 Å². The molecule has 1 aromatic carbocycles. The SMILES string of the molecule is Cc1cc([C@H]2CCCN2Cc2ccc(C#N)cc2F)no1. The van der Waals surface area contributed by atoms with Crippen LogP contribution in [0.2, 0.25) is 0 Å². The molecule has 3 rings (SSSR count). The second-order valence-corrected chi connectivity index (χ2v) is 5.41. The van der Waals surface area contributed by atoms with Gasteiger partial charge in [0.15, 0.2) is 0 Å². The van der Waals surface area contributed by atoms with Crippen LogP contribution in [-0.4, -0.2) is 16.6 Å². The number of benzene rings is 1. The van der Waals surface area contributed by atoms with E-state index < -0.39 is 0 Å². The Labute approximate surface area is 122 Å². The monoisotopic (exact) mass is 285 g/mol. The van der Waals surface area contributed by atoms with Crippen molar-refractivity contribution >= 4 is 0 Å². The molecule has 0 N–H and O–H groups in total. The van der Waals surface area contributed by atoms with Crippen LogP contribution in [-0.2, 0) is 6.54 Å². The molecule has 1 fully saturated rings. The molecule has 1 aromatic heterocycles. The van der Waals surface area contributed by atoms with Gasteiger partial charge in [-0.05, 0) is 38.4 Å². The number of hydrogen-bond acceptors (Lipinski definition) is 4. The van der Waals surface area contributed by atoms with Crippen LogP contribution < -0.4 is 0 Å². The Morgan fingerprint density at radius 1 is 1.48 bits per heavy atom. The fraction of sp³-hybridized carbons (Fsp3) is 0.375. The van der Waals surface area contributed by atoms with E-state index in [0.29, 0.717) is 17.7 Å². The van der Waals surface area contributed by atoms with E-state index in [1.165, 1.54) is 6.07 Å². The lowest BCUT2D eigenvalue weighted by Crippen LogP contribution is -2.23. The van der Waals surface area contributed by atoms with Crippen LogP contribution in [0.5, 0.6) is 0 Å². The molecule has 0 unspecified atom stereocenters. The molecule has 0 radical (unpaired) electrons. The minimum atomic E-state index is -0.323. The van der Waals surface area contributed by atoms with Crippen molar-refractivity contribution in [2.75, 3.05) is 6.54 Å². The maximum atomic E-state index is 14.0. The number of halogens is 1. The van der Waals surface area contributed by atoms with Gasteiger partial charge in [-0.2, -0.15) is 5.26 Å². The number of hydrogen-bond donors (Lipinski definition) is 0. The van der Waals surface area contributed by atoms with Gasteiger partial charge in [-0.15, -0.1) is 0 Å². The summed E-state index contributed by atoms with van der Waals surface area (Å²) in [4.78, 5) is 2.21. The summed E-state index contributed by atoms with van der Waals surface area (Å²) in [6.07, 6.45) is 2.07. The molecule has 2 aromatic rings. The molecule has 108 valence electrons. The minimum Gasteiger partial charge on any atom is -0.361 e. The molecule has 0 spiro atoms. The molecular weight excluding hydrogens is 269 g/mol. The topological polar surface area (TPSA) is 53.1 Å². The summed E-state index contributed by atoms with van der Waals surface area (Å²) in [5.41, 5.74) is 1.88. The minimum absolute atomic E-state index is 0.178. The number of aromatic nitrogens is 1. The van der Waals surface area contributed by atoms with Gasteiger partial charge in [-0.3, -0.25) is 4.90 Å². The molecule has 1 aliphatic rings. The van der Waals surface area contributed by atoms with E-state index in [0.717, 1.165) is 30.8 Å². The van der Waals surface area contributed by atoms with E-state index in [1.54, 1.807) is 12.1 Å². The maximum Gasteiger partial charge on any atom is 0.133 e. The second-order valence-electron chi connectivity index (χ2n) is 5.41. The zero-order valence-electron chi connectivity index (χ0n) is 11.8. The van der Waals surface area contributed by atoms with Gasteiger partial charge < -0.3 is 4.52 Å². The fourth-order valence-electron chi connectivity index (χ4n) is 2.86. The highest BCUT2D eigenvalue weighted by Gasteiger charge is 2.28. The average Bonchev–Trinajstić information content (AvgIpc) is 3.09. The van der Waals surface area contributed by atoms with E-state index in [1.807, 2.05) is 19.1 Å². The number of rotatable bonds is 3. The zero-order valence-corrected chi connectivity index (χ0v) is 11.8. The lowest BCUT2D eigenvalue weighted by atomic mass is 10.1. The second kappa shape index (κ2) is 5.66. The largest absolute Gasteiger partial charge is 0.361 e. The molecule has 1 aliphatic heterocycles. The normalized spacial score (nSPS) is 18.8. The van der Waals surface area contributed by atoms with Gasteiger partial charge in [0.25, 0.3) is 0 Å². The highest BCUT2D eigenvalue weighted by molar-refractivity contribution is 5.33. The van der Waals surface area contributed by atoms with Crippen molar-refractivity contribution in [3.8, 4) is 6.07 Å². The maximum absolute atomic E-state index is 14.0. The van der Waals surface area contributed by atoms with Gasteiger partial charge in [-0.1, -0.05) is 11.2 Å². The molecule has 0 bridgehead atoms. The van der Waals surface area contributed by atoms with Crippen LogP contribution in [0.25, 0.3) is 0 Å². The number of nitriles is 1. The summed E-state index contributed by atoms with van der Waals surface area (Å²) in [5.74, 6) is 0.470. The van der Waals surface area contributed by atoms with Gasteiger partial charge in [0.2, 0.25) is 0 Å². The third-order valence-electron chi connectivity index (χ3n) is 3.91. The molecule has 21 heavy (non-hydrogen) atoms. The van der Waals surface area contributed by atoms with Gasteiger partial charge in [0.1, 0.15) is 17.3 Å². The molecular formula is C16H16FN3O. The third kappa shape index (κ3) is 2.81. The first-order valence-corrected chi connectivity index (χ1v) is 7.03. The van der Waals surface area contributed by atoms with E-state index in [4.69, 9.17) is 9.78 Å². The summed E-state index contributed by atoms with van der Waals surface area (Å²) in [6.45, 7) is 3.31. The lowest BCUT2D eigenvalue weighted by Gasteiger charge is -2.22. The summed E-state index contributed by atoms with van der Waals surface area (Å²) in [7, 11) is 0. The predicted octanol–water partition coefficient (Wildman–Crippen LogP) is 3.33. The van der Waals surface area contributed by atoms with Crippen molar-refractivity contribution in [1.82, 2.24) is 10.1 Å². The molecule has 0 aliphatic carbocycles. The Bertz CT molecular complexity index is 689. The van der Waals surface area contributed by atoms with Gasteiger partial charge in [0, 0.05) is 18.2 Å². The number of likely N-dealkylation sites (tertiary alicyclic amines) is 1. The van der Waals surface area contributed by atoms with Crippen molar-refractivity contribution in [3.63, 3.8) is 0 Å². The zero-order chi connectivity index (χ0) is 14.8. The first-order valence-electron chi connectivity index (χ1n) is 7.03. The number of aryl methyl sites for hydroxylation is 1. The summed E-state index contributed by atoms with van der Waals surface area (Å²) in [5, 5.41) is 12.9. The molecule has 0 amide bonds. The molecule has 4 nitrogen and oxygen atoms in total. The predicted molar refractivity (Wildman–Crippen MR) is 74.7 cm³/mol. The smallest absolute Gasteiger partial charge is 0.133 e. The van der Waals surface area contributed by atoms with E-state index in [2.05, 4.69) is 10.1 Å². The number of nitrogens with zero attached hydrogens (tertiary/aromatic N) is 3. The summed E-state index contributed by atoms with van der Waals surface area (Å²) >= 11 is 0. The van der Waals surface area contributed by atoms with Crippen molar-refractivity contribution in [2.24, 2.45) is 0 Å². The summed E-state index contributed by atoms with van der Waals surface area (Å²) in [6, 6.07) is 8.71. The Balaban J connectivity index is 1.79. The van der Waals surface area contributed by atoms with Crippen molar-refractivity contribution in [2.45, 2.75) is 32.4 Å². The van der Waals surface area contributed by atoms with E-state index >= 15 is 0 Å². The highest BCUT2D eigenvalue weighted by Crippen LogP contribution is 2.33. The standard InChI is InChI=1S/C16H16FN3O/c1-11-7-15(19-21-11)16-3-2-6-20(16)10-13-5-4-12(9-18)8-14(13)17/h4-5,7-8,16H,2-3,6,10H2,1H3/t16-/m1/s1. The molecule has 1 atom stereocenters. The Kier molecular flexibility index (Phi) is 3.72. The van der Waals surface area contributed by atoms with Gasteiger partial charge in [0.05, 0.1) is 17.7 Å². The Morgan fingerprint density at radius 2 is 2.33 bits per heavy atom. The van der Waals surface area contributed by atoms with Crippen molar-refractivity contribution in [1.29, 1.82) is 5.26 Å². The van der Waals surface area contributed by atoms with Crippen LogP contribution in [0, 0.1) is 24.1 Å². The molecule has 5 heteroatoms. The van der Waals surface area contributed by atoms with Crippen molar-refractivity contribution in [3.05, 3.63) is 52.7 Å². The molecule has 0 saturated carbocycles.